The van der Waals surface area contributed by atoms with Gasteiger partial charge in [-0.1, -0.05) is 50.2 Å². The van der Waals surface area contributed by atoms with Crippen LogP contribution in [0.2, 0.25) is 0 Å². The molecule has 1 aliphatic carbocycles. The fraction of sp³-hybridized carbons (Fsp3) is 0.409. The Hall–Kier alpha value is -2.20. The molecule has 1 saturated carbocycles. The van der Waals surface area contributed by atoms with Gasteiger partial charge in [-0.2, -0.15) is 0 Å². The van der Waals surface area contributed by atoms with Gasteiger partial charge in [0.15, 0.2) is 0 Å². The second-order valence-electron chi connectivity index (χ2n) is 8.05. The molecule has 0 atom stereocenters. The highest BCUT2D eigenvalue weighted by Gasteiger charge is 2.26. The third-order valence-electron chi connectivity index (χ3n) is 5.46. The van der Waals surface area contributed by atoms with Crippen molar-refractivity contribution in [2.75, 3.05) is 0 Å². The van der Waals surface area contributed by atoms with E-state index in [1.807, 2.05) is 24.3 Å². The van der Waals surface area contributed by atoms with Crippen LogP contribution in [0.3, 0.4) is 0 Å². The summed E-state index contributed by atoms with van der Waals surface area (Å²) in [6.45, 7) is 5.50. The van der Waals surface area contributed by atoms with Gasteiger partial charge in [-0.15, -0.1) is 0 Å². The van der Waals surface area contributed by atoms with Crippen molar-refractivity contribution >= 4 is 5.91 Å². The van der Waals surface area contributed by atoms with Crippen LogP contribution in [0, 0.1) is 11.2 Å². The zero-order chi connectivity index (χ0) is 18.7. The Labute approximate surface area is 154 Å². The molecule has 26 heavy (non-hydrogen) atoms. The average Bonchev–Trinajstić information content (AvgIpc) is 2.61. The van der Waals surface area contributed by atoms with Crippen molar-refractivity contribution in [3.63, 3.8) is 0 Å². The lowest BCUT2D eigenvalue weighted by molar-refractivity contribution is 0.0996. The molecule has 0 heterocycles. The lowest BCUT2D eigenvalue weighted by Gasteiger charge is -2.34. The van der Waals surface area contributed by atoms with E-state index in [2.05, 4.69) is 19.2 Å². The van der Waals surface area contributed by atoms with E-state index in [1.165, 1.54) is 37.3 Å². The normalized spacial score (nSPS) is 17.2. The van der Waals surface area contributed by atoms with Gasteiger partial charge in [-0.3, -0.25) is 4.79 Å². The summed E-state index contributed by atoms with van der Waals surface area (Å²) >= 11 is 0. The Morgan fingerprint density at radius 2 is 1.81 bits per heavy atom. The fourth-order valence-electron chi connectivity index (χ4n) is 3.61. The molecule has 1 fully saturated rings. The van der Waals surface area contributed by atoms with E-state index >= 15 is 0 Å². The first-order valence-electron chi connectivity index (χ1n) is 9.27. The SMILES string of the molecule is CC1(C)CCC(NCc2ccc(-c3cccc(C(N)=O)c3F)cc2)CC1. The maximum Gasteiger partial charge on any atom is 0.251 e. The molecule has 0 radical (unpaired) electrons. The quantitative estimate of drug-likeness (QED) is 0.821. The number of benzene rings is 2. The van der Waals surface area contributed by atoms with Crippen molar-refractivity contribution in [2.45, 2.75) is 52.1 Å². The zero-order valence-corrected chi connectivity index (χ0v) is 15.5. The number of halogens is 1. The zero-order valence-electron chi connectivity index (χ0n) is 15.5. The molecule has 3 nitrogen and oxygen atoms in total. The highest BCUT2D eigenvalue weighted by atomic mass is 19.1. The second-order valence-corrected chi connectivity index (χ2v) is 8.05. The number of hydrogen-bond donors (Lipinski definition) is 2. The van der Waals surface area contributed by atoms with E-state index in [9.17, 15) is 9.18 Å². The van der Waals surface area contributed by atoms with E-state index in [4.69, 9.17) is 5.73 Å². The molecule has 0 bridgehead atoms. The van der Waals surface area contributed by atoms with Crippen LogP contribution >= 0.6 is 0 Å². The van der Waals surface area contributed by atoms with Crippen molar-refractivity contribution < 1.29 is 9.18 Å². The van der Waals surface area contributed by atoms with Crippen molar-refractivity contribution in [3.8, 4) is 11.1 Å². The molecule has 0 spiro atoms. The number of carbonyl (C=O) groups excluding carboxylic acids is 1. The molecular formula is C22H27FN2O. The molecular weight excluding hydrogens is 327 g/mol. The number of rotatable bonds is 5. The average molecular weight is 354 g/mol. The number of amides is 1. The largest absolute Gasteiger partial charge is 0.366 e. The van der Waals surface area contributed by atoms with Gasteiger partial charge in [0.05, 0.1) is 5.56 Å². The van der Waals surface area contributed by atoms with Crippen LogP contribution in [0.5, 0.6) is 0 Å². The third kappa shape index (κ3) is 4.31. The number of nitrogens with two attached hydrogens (primary N) is 1. The maximum absolute atomic E-state index is 14.5. The van der Waals surface area contributed by atoms with E-state index < -0.39 is 11.7 Å². The highest BCUT2D eigenvalue weighted by Crippen LogP contribution is 2.35. The topological polar surface area (TPSA) is 55.1 Å². The minimum Gasteiger partial charge on any atom is -0.366 e. The van der Waals surface area contributed by atoms with Gasteiger partial charge in [-0.05, 0) is 48.3 Å². The first-order valence-corrected chi connectivity index (χ1v) is 9.27. The minimum atomic E-state index is -0.749. The smallest absolute Gasteiger partial charge is 0.251 e. The Bertz CT molecular complexity index is 773. The molecule has 0 unspecified atom stereocenters. The Morgan fingerprint density at radius 1 is 1.15 bits per heavy atom. The van der Waals surface area contributed by atoms with Crippen molar-refractivity contribution in [1.29, 1.82) is 0 Å². The van der Waals surface area contributed by atoms with Crippen molar-refractivity contribution in [2.24, 2.45) is 11.1 Å². The van der Waals surface area contributed by atoms with E-state index in [-0.39, 0.29) is 5.56 Å². The van der Waals surface area contributed by atoms with Crippen LogP contribution in [-0.4, -0.2) is 11.9 Å². The molecule has 0 aliphatic heterocycles. The molecule has 3 N–H and O–H groups in total. The summed E-state index contributed by atoms with van der Waals surface area (Å²) in [6, 6.07) is 13.1. The van der Waals surface area contributed by atoms with Gasteiger partial charge in [0.25, 0.3) is 5.91 Å². The summed E-state index contributed by atoms with van der Waals surface area (Å²) in [5.41, 5.74) is 7.94. The summed E-state index contributed by atoms with van der Waals surface area (Å²) in [5.74, 6) is -1.31. The lowest BCUT2D eigenvalue weighted by Crippen LogP contribution is -2.35. The van der Waals surface area contributed by atoms with Gasteiger partial charge in [-0.25, -0.2) is 4.39 Å². The monoisotopic (exact) mass is 354 g/mol. The predicted octanol–water partition coefficient (Wildman–Crippen LogP) is 4.65. The Balaban J connectivity index is 1.64. The van der Waals surface area contributed by atoms with Gasteiger partial charge in [0.2, 0.25) is 0 Å². The number of hydrogen-bond acceptors (Lipinski definition) is 2. The molecule has 3 rings (SSSR count). The van der Waals surface area contributed by atoms with Crippen LogP contribution in [0.1, 0.15) is 55.5 Å². The minimum absolute atomic E-state index is 0.0755. The summed E-state index contributed by atoms with van der Waals surface area (Å²) in [5, 5.41) is 3.64. The number of nitrogens with one attached hydrogen (secondary N) is 1. The van der Waals surface area contributed by atoms with Gasteiger partial charge in [0.1, 0.15) is 5.82 Å². The molecule has 0 aromatic heterocycles. The maximum atomic E-state index is 14.5. The number of primary amides is 1. The predicted molar refractivity (Wildman–Crippen MR) is 103 cm³/mol. The molecule has 2 aromatic carbocycles. The molecule has 4 heteroatoms. The number of carbonyl (C=O) groups is 1. The van der Waals surface area contributed by atoms with Gasteiger partial charge in [0, 0.05) is 18.2 Å². The van der Waals surface area contributed by atoms with Crippen LogP contribution in [-0.2, 0) is 6.54 Å². The first kappa shape index (κ1) is 18.6. The van der Waals surface area contributed by atoms with Crippen molar-refractivity contribution in [3.05, 3.63) is 59.4 Å². The van der Waals surface area contributed by atoms with E-state index in [1.54, 1.807) is 12.1 Å². The molecule has 1 aliphatic rings. The summed E-state index contributed by atoms with van der Waals surface area (Å²) < 4.78 is 14.5. The van der Waals surface area contributed by atoms with Crippen LogP contribution in [0.25, 0.3) is 11.1 Å². The van der Waals surface area contributed by atoms with E-state index in [0.29, 0.717) is 17.0 Å². The van der Waals surface area contributed by atoms with Crippen LogP contribution < -0.4 is 11.1 Å². The molecule has 2 aromatic rings. The summed E-state index contributed by atoms with van der Waals surface area (Å²) in [4.78, 5) is 11.3. The standard InChI is InChI=1S/C22H27FN2O/c1-22(2)12-10-17(11-13-22)25-14-15-6-8-16(9-7-15)18-4-3-5-19(20(18)23)21(24)26/h3-9,17,25H,10-14H2,1-2H3,(H2,24,26). The first-order chi connectivity index (χ1) is 12.4. The second kappa shape index (κ2) is 7.58. The third-order valence-corrected chi connectivity index (χ3v) is 5.46. The molecule has 0 saturated heterocycles. The summed E-state index contributed by atoms with van der Waals surface area (Å²) in [6.07, 6.45) is 4.96. The summed E-state index contributed by atoms with van der Waals surface area (Å²) in [7, 11) is 0. The Morgan fingerprint density at radius 3 is 2.42 bits per heavy atom. The van der Waals surface area contributed by atoms with Crippen LogP contribution in [0.4, 0.5) is 4.39 Å². The van der Waals surface area contributed by atoms with Gasteiger partial charge >= 0.3 is 0 Å². The Kier molecular flexibility index (Phi) is 5.42. The van der Waals surface area contributed by atoms with Crippen molar-refractivity contribution in [1.82, 2.24) is 5.32 Å². The lowest BCUT2D eigenvalue weighted by atomic mass is 9.75. The van der Waals surface area contributed by atoms with Crippen LogP contribution in [0.15, 0.2) is 42.5 Å². The fourth-order valence-corrected chi connectivity index (χ4v) is 3.61. The van der Waals surface area contributed by atoms with E-state index in [0.717, 1.165) is 12.1 Å². The highest BCUT2D eigenvalue weighted by molar-refractivity contribution is 5.94. The molecule has 1 amide bonds. The van der Waals surface area contributed by atoms with Gasteiger partial charge < -0.3 is 11.1 Å². The molecule has 138 valence electrons.